The van der Waals surface area contributed by atoms with E-state index in [2.05, 4.69) is 4.74 Å². The first-order valence-corrected chi connectivity index (χ1v) is 3.30. The summed E-state index contributed by atoms with van der Waals surface area (Å²) in [6.07, 6.45) is 0. The van der Waals surface area contributed by atoms with Crippen LogP contribution in [0.15, 0.2) is 0 Å². The third kappa shape index (κ3) is 2.97. The molecular formula is C2H3O6P. The summed E-state index contributed by atoms with van der Waals surface area (Å²) in [5.74, 6) is 0. The Hall–Kier alpha value is -0.710. The molecule has 0 radical (unpaired) electrons. The molecule has 0 fully saturated rings. The van der Waals surface area contributed by atoms with Crippen molar-refractivity contribution in [2.75, 3.05) is 0 Å². The van der Waals surface area contributed by atoms with E-state index in [4.69, 9.17) is 9.79 Å². The van der Waals surface area contributed by atoms with Crippen molar-refractivity contribution < 1.29 is 28.7 Å². The topological polar surface area (TPSA) is 101 Å². The van der Waals surface area contributed by atoms with Crippen molar-refractivity contribution in [3.8, 4) is 0 Å². The number of carbonyl (C=O) groups excluding carboxylic acids is 2. The molecule has 0 aromatic rings. The zero-order valence-corrected chi connectivity index (χ0v) is 4.95. The lowest BCUT2D eigenvalue weighted by atomic mass is 11.4. The van der Waals surface area contributed by atoms with Crippen LogP contribution in [0, 0.1) is 0 Å². The van der Waals surface area contributed by atoms with Crippen molar-refractivity contribution in [3.05, 3.63) is 0 Å². The molecule has 0 bridgehead atoms. The smallest absolute Gasteiger partial charge is 0.386 e. The van der Waals surface area contributed by atoms with Gasteiger partial charge in [0, 0.05) is 0 Å². The number of ether oxygens (including phenoxy) is 1. The Morgan fingerprint density at radius 2 is 2.00 bits per heavy atom. The van der Waals surface area contributed by atoms with Crippen LogP contribution in [0.5, 0.6) is 0 Å². The summed E-state index contributed by atoms with van der Waals surface area (Å²) in [6, 6.07) is 0. The average Bonchev–Trinajstić information content (AvgIpc) is 1.64. The third-order valence-electron chi connectivity index (χ3n) is 0.387. The van der Waals surface area contributed by atoms with E-state index in [9.17, 15) is 14.2 Å². The van der Waals surface area contributed by atoms with Gasteiger partial charge in [-0.2, -0.15) is 0 Å². The number of hydrogen-bond donors (Lipinski definition) is 2. The van der Waals surface area contributed by atoms with Crippen molar-refractivity contribution in [1.82, 2.24) is 0 Å². The second-order valence-corrected chi connectivity index (χ2v) is 2.48. The molecule has 0 aliphatic carbocycles. The second-order valence-electron chi connectivity index (χ2n) is 1.02. The van der Waals surface area contributed by atoms with Gasteiger partial charge in [0.15, 0.2) is 0 Å². The van der Waals surface area contributed by atoms with Crippen molar-refractivity contribution in [3.63, 3.8) is 0 Å². The lowest BCUT2D eigenvalue weighted by molar-refractivity contribution is -0.122. The van der Waals surface area contributed by atoms with Gasteiger partial charge >= 0.3 is 19.8 Å². The van der Waals surface area contributed by atoms with Crippen LogP contribution >= 0.6 is 7.60 Å². The Balaban J connectivity index is 4.06. The minimum atomic E-state index is -4.87. The molecule has 0 aromatic carbocycles. The molecule has 0 spiro atoms. The van der Waals surface area contributed by atoms with Crippen molar-refractivity contribution >= 4 is 19.8 Å². The highest BCUT2D eigenvalue weighted by Crippen LogP contribution is 2.36. The molecule has 0 atom stereocenters. The van der Waals surface area contributed by atoms with Crippen LogP contribution in [-0.2, 0) is 14.1 Å². The minimum Gasteiger partial charge on any atom is -0.386 e. The van der Waals surface area contributed by atoms with E-state index in [1.54, 1.807) is 0 Å². The summed E-state index contributed by atoms with van der Waals surface area (Å²) in [7, 11) is -4.87. The van der Waals surface area contributed by atoms with E-state index in [1.165, 1.54) is 0 Å². The van der Waals surface area contributed by atoms with Gasteiger partial charge in [0.25, 0.3) is 0 Å². The number of hydrogen-bond acceptors (Lipinski definition) is 4. The molecule has 0 saturated heterocycles. The van der Waals surface area contributed by atoms with Crippen LogP contribution in [0.1, 0.15) is 0 Å². The van der Waals surface area contributed by atoms with Gasteiger partial charge in [-0.15, -0.1) is 0 Å². The predicted octanol–water partition coefficient (Wildman–Crippen LogP) is -0.543. The van der Waals surface area contributed by atoms with Crippen molar-refractivity contribution in [2.45, 2.75) is 0 Å². The van der Waals surface area contributed by atoms with Crippen molar-refractivity contribution in [1.29, 1.82) is 0 Å². The lowest BCUT2D eigenvalue weighted by Crippen LogP contribution is -1.99. The van der Waals surface area contributed by atoms with Gasteiger partial charge in [-0.05, 0) is 0 Å². The van der Waals surface area contributed by atoms with Gasteiger partial charge in [0.05, 0.1) is 0 Å². The Morgan fingerprint density at radius 3 is 2.11 bits per heavy atom. The molecule has 0 amide bonds. The van der Waals surface area contributed by atoms with E-state index in [1.807, 2.05) is 0 Å². The quantitative estimate of drug-likeness (QED) is 0.314. The monoisotopic (exact) mass is 154 g/mol. The third-order valence-corrected chi connectivity index (χ3v) is 0.968. The number of rotatable bonds is 2. The van der Waals surface area contributed by atoms with Crippen LogP contribution in [-0.4, -0.2) is 22.0 Å². The molecule has 9 heavy (non-hydrogen) atoms. The molecule has 52 valence electrons. The Kier molecular flexibility index (Phi) is 2.51. The molecule has 7 heteroatoms. The predicted molar refractivity (Wildman–Crippen MR) is 24.6 cm³/mol. The van der Waals surface area contributed by atoms with Crippen LogP contribution in [0.2, 0.25) is 0 Å². The van der Waals surface area contributed by atoms with Gasteiger partial charge in [-0.1, -0.05) is 0 Å². The number of carbonyl (C=O) groups is 2. The van der Waals surface area contributed by atoms with Gasteiger partial charge in [0.1, 0.15) is 0 Å². The molecule has 6 nitrogen and oxygen atoms in total. The maximum Gasteiger partial charge on any atom is 0.433 e. The highest BCUT2D eigenvalue weighted by Gasteiger charge is 2.27. The fourth-order valence-electron chi connectivity index (χ4n) is 0.110. The minimum absolute atomic E-state index is 0.346. The van der Waals surface area contributed by atoms with Crippen LogP contribution in [0.3, 0.4) is 0 Å². The highest BCUT2D eigenvalue weighted by atomic mass is 31.2. The zero-order valence-electron chi connectivity index (χ0n) is 4.05. The van der Waals surface area contributed by atoms with Crippen molar-refractivity contribution in [2.24, 2.45) is 0 Å². The first kappa shape index (κ1) is 8.29. The first-order chi connectivity index (χ1) is 3.98. The maximum absolute atomic E-state index is 9.85. The van der Waals surface area contributed by atoms with Gasteiger partial charge in [-0.3, -0.25) is 4.79 Å². The SMILES string of the molecule is O=COC(=O)P(=O)(O)O. The van der Waals surface area contributed by atoms with E-state index < -0.39 is 13.3 Å². The summed E-state index contributed by atoms with van der Waals surface area (Å²) in [5.41, 5.74) is -1.84. The average molecular weight is 154 g/mol. The summed E-state index contributed by atoms with van der Waals surface area (Å²) in [6.45, 7) is -0.346. The molecule has 0 saturated carbocycles. The molecule has 0 aliphatic rings. The van der Waals surface area contributed by atoms with E-state index >= 15 is 0 Å². The van der Waals surface area contributed by atoms with Crippen LogP contribution < -0.4 is 0 Å². The van der Waals surface area contributed by atoms with Crippen LogP contribution in [0.25, 0.3) is 0 Å². The van der Waals surface area contributed by atoms with Gasteiger partial charge in [0.2, 0.25) is 0 Å². The Morgan fingerprint density at radius 1 is 1.56 bits per heavy atom. The summed E-state index contributed by atoms with van der Waals surface area (Å²) < 4.78 is 13.1. The van der Waals surface area contributed by atoms with E-state index in [0.29, 0.717) is 0 Å². The largest absolute Gasteiger partial charge is 0.433 e. The zero-order chi connectivity index (χ0) is 7.49. The fraction of sp³-hybridized carbons (Fsp3) is 0. The highest BCUT2D eigenvalue weighted by molar-refractivity contribution is 7.69. The Bertz CT molecular complexity index is 166. The summed E-state index contributed by atoms with van der Waals surface area (Å²) >= 11 is 0. The van der Waals surface area contributed by atoms with Gasteiger partial charge < -0.3 is 14.5 Å². The molecule has 0 unspecified atom stereocenters. The van der Waals surface area contributed by atoms with Gasteiger partial charge in [-0.25, -0.2) is 9.36 Å². The molecule has 0 heterocycles. The summed E-state index contributed by atoms with van der Waals surface area (Å²) in [4.78, 5) is 34.9. The fourth-order valence-corrected chi connectivity index (χ4v) is 0.290. The molecule has 0 rings (SSSR count). The van der Waals surface area contributed by atoms with E-state index in [-0.39, 0.29) is 6.47 Å². The first-order valence-electron chi connectivity index (χ1n) is 1.69. The normalized spacial score (nSPS) is 10.4. The molecule has 0 aromatic heterocycles. The molecular weight excluding hydrogens is 151 g/mol. The second kappa shape index (κ2) is 2.72. The molecule has 2 N–H and O–H groups in total. The van der Waals surface area contributed by atoms with Crippen LogP contribution in [0.4, 0.5) is 4.79 Å². The van der Waals surface area contributed by atoms with E-state index in [0.717, 1.165) is 0 Å². The standard InChI is InChI=1S/C2H3O6P/c3-1-8-2(4)9(5,6)7/h1H,(H2,5,6,7). The summed E-state index contributed by atoms with van der Waals surface area (Å²) in [5, 5.41) is 0. The molecule has 0 aliphatic heterocycles. The lowest BCUT2D eigenvalue weighted by Gasteiger charge is -1.95. The Labute approximate surface area is 49.6 Å². The maximum atomic E-state index is 9.85.